The first kappa shape index (κ1) is 20.2. The van der Waals surface area contributed by atoms with Gasteiger partial charge < -0.3 is 19.3 Å². The van der Waals surface area contributed by atoms with E-state index >= 15 is 0 Å². The first-order chi connectivity index (χ1) is 12.8. The molecule has 1 N–H and O–H groups in total. The molecule has 0 unspecified atom stereocenters. The maximum absolute atomic E-state index is 12.6. The minimum atomic E-state index is -0.599. The first-order valence-electron chi connectivity index (χ1n) is 8.58. The van der Waals surface area contributed by atoms with Crippen LogP contribution in [0.25, 0.3) is 11.1 Å². The number of methoxy groups -OCH3 is 1. The van der Waals surface area contributed by atoms with Gasteiger partial charge in [0.1, 0.15) is 0 Å². The fourth-order valence-corrected chi connectivity index (χ4v) is 2.89. The molecule has 27 heavy (non-hydrogen) atoms. The van der Waals surface area contributed by atoms with Crippen molar-refractivity contribution < 1.29 is 28.9 Å². The summed E-state index contributed by atoms with van der Waals surface area (Å²) in [7, 11) is 1.43. The lowest BCUT2D eigenvalue weighted by Crippen LogP contribution is -2.17. The van der Waals surface area contributed by atoms with E-state index in [1.807, 2.05) is 0 Å². The minimum absolute atomic E-state index is 0.119. The average molecular weight is 373 g/mol. The molecular formula is C20H23NO6. The molecular weight excluding hydrogens is 350 g/mol. The molecule has 0 aliphatic rings. The lowest BCUT2D eigenvalue weighted by atomic mass is 9.92. The van der Waals surface area contributed by atoms with Crippen LogP contribution in [0.5, 0.6) is 11.5 Å². The van der Waals surface area contributed by atoms with Gasteiger partial charge in [-0.15, -0.1) is 0 Å². The van der Waals surface area contributed by atoms with Crippen LogP contribution in [0.4, 0.5) is 0 Å². The van der Waals surface area contributed by atoms with Crippen LogP contribution in [0.2, 0.25) is 0 Å². The highest BCUT2D eigenvalue weighted by Gasteiger charge is 2.28. The fourth-order valence-electron chi connectivity index (χ4n) is 2.89. The molecule has 2 aromatic rings. The van der Waals surface area contributed by atoms with Gasteiger partial charge in [0.05, 0.1) is 42.8 Å². The third-order valence-corrected chi connectivity index (χ3v) is 3.99. The van der Waals surface area contributed by atoms with Crippen molar-refractivity contribution in [3.05, 3.63) is 40.7 Å². The van der Waals surface area contributed by atoms with Gasteiger partial charge >= 0.3 is 11.9 Å². The van der Waals surface area contributed by atoms with Gasteiger partial charge in [0.15, 0.2) is 11.5 Å². The molecule has 144 valence electrons. The van der Waals surface area contributed by atoms with Crippen molar-refractivity contribution in [1.82, 2.24) is 4.98 Å². The highest BCUT2D eigenvalue weighted by molar-refractivity contribution is 6.07. The number of hydrogen-bond acceptors (Lipinski definition) is 7. The van der Waals surface area contributed by atoms with Crippen LogP contribution in [-0.2, 0) is 9.47 Å². The normalized spacial score (nSPS) is 10.4. The summed E-state index contributed by atoms with van der Waals surface area (Å²) >= 11 is 0. The molecule has 0 fully saturated rings. The standard InChI is InChI=1S/C20H23NO6/c1-6-26-19(23)16-11(3)21-12(4)17(20(24)27-7-2)18(16)13-8-9-15(25-5)14(22)10-13/h8-10,22H,6-7H2,1-5H3. The Morgan fingerprint density at radius 1 is 1.00 bits per heavy atom. The summed E-state index contributed by atoms with van der Waals surface area (Å²) in [4.78, 5) is 29.6. The van der Waals surface area contributed by atoms with Crippen LogP contribution >= 0.6 is 0 Å². The summed E-state index contributed by atoms with van der Waals surface area (Å²) in [6, 6.07) is 4.64. The third kappa shape index (κ3) is 4.02. The van der Waals surface area contributed by atoms with Gasteiger partial charge in [-0.3, -0.25) is 4.98 Å². The lowest BCUT2D eigenvalue weighted by molar-refractivity contribution is 0.0525. The predicted molar refractivity (Wildman–Crippen MR) is 99.3 cm³/mol. The zero-order valence-corrected chi connectivity index (χ0v) is 16.1. The third-order valence-electron chi connectivity index (χ3n) is 3.99. The summed E-state index contributed by atoms with van der Waals surface area (Å²) in [6.07, 6.45) is 0. The monoisotopic (exact) mass is 373 g/mol. The Kier molecular flexibility index (Phi) is 6.39. The van der Waals surface area contributed by atoms with E-state index in [1.165, 1.54) is 13.2 Å². The summed E-state index contributed by atoms with van der Waals surface area (Å²) in [5, 5.41) is 10.2. The van der Waals surface area contributed by atoms with Crippen LogP contribution < -0.4 is 4.74 Å². The van der Waals surface area contributed by atoms with E-state index in [9.17, 15) is 14.7 Å². The van der Waals surface area contributed by atoms with Crippen molar-refractivity contribution in [2.24, 2.45) is 0 Å². The van der Waals surface area contributed by atoms with E-state index in [2.05, 4.69) is 4.98 Å². The van der Waals surface area contributed by atoms with Gasteiger partial charge in [-0.05, 0) is 45.4 Å². The van der Waals surface area contributed by atoms with Gasteiger partial charge in [0.25, 0.3) is 0 Å². The summed E-state index contributed by atoms with van der Waals surface area (Å²) in [5.41, 5.74) is 1.93. The molecule has 0 radical (unpaired) electrons. The number of pyridine rings is 1. The number of aromatic hydroxyl groups is 1. The summed E-state index contributed by atoms with van der Waals surface area (Å²) < 4.78 is 15.4. The molecule has 0 atom stereocenters. The van der Waals surface area contributed by atoms with Crippen LogP contribution in [0.15, 0.2) is 18.2 Å². The Labute approximate surface area is 157 Å². The number of hydrogen-bond donors (Lipinski definition) is 1. The SMILES string of the molecule is CCOC(=O)c1c(C)nc(C)c(C(=O)OCC)c1-c1ccc(OC)c(O)c1. The number of aromatic nitrogens is 1. The van der Waals surface area contributed by atoms with E-state index in [0.717, 1.165) is 0 Å². The van der Waals surface area contributed by atoms with E-state index in [4.69, 9.17) is 14.2 Å². The smallest absolute Gasteiger partial charge is 0.340 e. The Balaban J connectivity index is 2.86. The Bertz CT molecular complexity index is 833. The zero-order chi connectivity index (χ0) is 20.1. The number of benzene rings is 1. The highest BCUT2D eigenvalue weighted by Crippen LogP contribution is 2.37. The van der Waals surface area contributed by atoms with Crippen molar-refractivity contribution in [2.45, 2.75) is 27.7 Å². The molecule has 7 heteroatoms. The molecule has 1 aromatic heterocycles. The van der Waals surface area contributed by atoms with Crippen molar-refractivity contribution >= 4 is 11.9 Å². The maximum Gasteiger partial charge on any atom is 0.340 e. The number of aryl methyl sites for hydroxylation is 2. The van der Waals surface area contributed by atoms with Gasteiger partial charge in [0.2, 0.25) is 0 Å². The molecule has 0 aliphatic heterocycles. The van der Waals surface area contributed by atoms with Gasteiger partial charge in [-0.25, -0.2) is 9.59 Å². The van der Waals surface area contributed by atoms with Crippen LogP contribution in [0.1, 0.15) is 46.0 Å². The van der Waals surface area contributed by atoms with Crippen molar-refractivity contribution in [3.63, 3.8) is 0 Å². The number of phenols is 1. The van der Waals surface area contributed by atoms with E-state index in [0.29, 0.717) is 22.5 Å². The Hall–Kier alpha value is -3.09. The second kappa shape index (κ2) is 8.53. The van der Waals surface area contributed by atoms with Crippen LogP contribution in [0, 0.1) is 13.8 Å². The highest BCUT2D eigenvalue weighted by atomic mass is 16.5. The molecule has 1 heterocycles. The summed E-state index contributed by atoms with van der Waals surface area (Å²) in [5.74, 6) is -1.04. The van der Waals surface area contributed by atoms with Crippen LogP contribution in [-0.4, -0.2) is 42.4 Å². The first-order valence-corrected chi connectivity index (χ1v) is 8.58. The quantitative estimate of drug-likeness (QED) is 0.775. The Morgan fingerprint density at radius 3 is 1.93 bits per heavy atom. The molecule has 0 aliphatic carbocycles. The Morgan fingerprint density at radius 2 is 1.52 bits per heavy atom. The fraction of sp³-hybridized carbons (Fsp3) is 0.350. The largest absolute Gasteiger partial charge is 0.504 e. The second-order valence-electron chi connectivity index (χ2n) is 5.74. The van der Waals surface area contributed by atoms with Crippen LogP contribution in [0.3, 0.4) is 0 Å². The molecule has 7 nitrogen and oxygen atoms in total. The number of ether oxygens (including phenoxy) is 3. The number of esters is 2. The maximum atomic E-state index is 12.6. The molecule has 0 bridgehead atoms. The molecule has 0 saturated carbocycles. The molecule has 0 amide bonds. The molecule has 2 rings (SSSR count). The number of phenolic OH excluding ortho intramolecular Hbond substituents is 1. The van der Waals surface area contributed by atoms with E-state index in [-0.39, 0.29) is 35.8 Å². The molecule has 0 spiro atoms. The zero-order valence-electron chi connectivity index (χ0n) is 16.1. The van der Waals surface area contributed by atoms with Gasteiger partial charge in [-0.1, -0.05) is 6.07 Å². The average Bonchev–Trinajstić information content (AvgIpc) is 2.61. The predicted octanol–water partition coefficient (Wildman–Crippen LogP) is 3.43. The number of carbonyl (C=O) groups excluding carboxylic acids is 2. The summed E-state index contributed by atoms with van der Waals surface area (Å²) in [6.45, 7) is 7.07. The number of nitrogens with zero attached hydrogens (tertiary/aromatic N) is 1. The molecule has 0 saturated heterocycles. The number of carbonyl (C=O) groups is 2. The van der Waals surface area contributed by atoms with E-state index in [1.54, 1.807) is 39.8 Å². The lowest BCUT2D eigenvalue weighted by Gasteiger charge is -2.18. The number of rotatable bonds is 6. The van der Waals surface area contributed by atoms with Crippen molar-refractivity contribution in [2.75, 3.05) is 20.3 Å². The van der Waals surface area contributed by atoms with Crippen molar-refractivity contribution in [1.29, 1.82) is 0 Å². The second-order valence-corrected chi connectivity index (χ2v) is 5.74. The minimum Gasteiger partial charge on any atom is -0.504 e. The van der Waals surface area contributed by atoms with E-state index < -0.39 is 11.9 Å². The molecule has 1 aromatic carbocycles. The van der Waals surface area contributed by atoms with Gasteiger partial charge in [0, 0.05) is 5.56 Å². The van der Waals surface area contributed by atoms with Gasteiger partial charge in [-0.2, -0.15) is 0 Å². The van der Waals surface area contributed by atoms with Crippen molar-refractivity contribution in [3.8, 4) is 22.6 Å². The topological polar surface area (TPSA) is 95.0 Å².